The van der Waals surface area contributed by atoms with Gasteiger partial charge in [-0.2, -0.15) is 4.98 Å². The minimum absolute atomic E-state index is 0.0671. The summed E-state index contributed by atoms with van der Waals surface area (Å²) in [7, 11) is 1.65. The minimum Gasteiger partial charge on any atom is -0.497 e. The molecule has 0 radical (unpaired) electrons. The molecular formula is C27H27N5O2. The molecule has 0 saturated carbocycles. The van der Waals surface area contributed by atoms with Gasteiger partial charge in [0.2, 0.25) is 5.95 Å². The number of hydrogen-bond acceptors (Lipinski definition) is 6. The van der Waals surface area contributed by atoms with Crippen molar-refractivity contribution in [2.45, 2.75) is 6.92 Å². The van der Waals surface area contributed by atoms with E-state index < -0.39 is 0 Å². The predicted octanol–water partition coefficient (Wildman–Crippen LogP) is 4.65. The second-order valence-corrected chi connectivity index (χ2v) is 8.39. The van der Waals surface area contributed by atoms with Crippen LogP contribution in [-0.4, -0.2) is 54.1 Å². The van der Waals surface area contributed by atoms with Gasteiger partial charge in [-0.1, -0.05) is 30.3 Å². The molecule has 1 N–H and O–H groups in total. The zero-order chi connectivity index (χ0) is 23.5. The lowest BCUT2D eigenvalue weighted by atomic mass is 10.1. The van der Waals surface area contributed by atoms with Gasteiger partial charge >= 0.3 is 0 Å². The van der Waals surface area contributed by atoms with Gasteiger partial charge in [0.15, 0.2) is 0 Å². The van der Waals surface area contributed by atoms with Crippen LogP contribution in [0.4, 0.5) is 17.5 Å². The van der Waals surface area contributed by atoms with E-state index in [1.165, 1.54) is 0 Å². The highest BCUT2D eigenvalue weighted by Gasteiger charge is 2.24. The SMILES string of the molecule is COc1ccc(Nc2cc(C)nc(N3CCN(C(=O)c4ccc5ccccc5c4)CC3)n2)cc1. The molecule has 0 bridgehead atoms. The fraction of sp³-hybridized carbons (Fsp3) is 0.222. The summed E-state index contributed by atoms with van der Waals surface area (Å²) in [5, 5.41) is 5.56. The van der Waals surface area contributed by atoms with Crippen molar-refractivity contribution in [1.29, 1.82) is 0 Å². The van der Waals surface area contributed by atoms with Crippen molar-refractivity contribution in [3.8, 4) is 5.75 Å². The summed E-state index contributed by atoms with van der Waals surface area (Å²) in [4.78, 5) is 26.5. The molecule has 2 heterocycles. The normalized spacial score (nSPS) is 13.7. The van der Waals surface area contributed by atoms with Gasteiger partial charge in [0.05, 0.1) is 7.11 Å². The Hall–Kier alpha value is -4.13. The van der Waals surface area contributed by atoms with E-state index in [4.69, 9.17) is 9.72 Å². The Labute approximate surface area is 199 Å². The summed E-state index contributed by atoms with van der Waals surface area (Å²) in [6, 6.07) is 23.6. The molecule has 0 aliphatic carbocycles. The Morgan fingerprint density at radius 2 is 1.62 bits per heavy atom. The second kappa shape index (κ2) is 9.39. The van der Waals surface area contributed by atoms with E-state index >= 15 is 0 Å². The number of benzene rings is 3. The number of methoxy groups -OCH3 is 1. The van der Waals surface area contributed by atoms with E-state index in [1.54, 1.807) is 7.11 Å². The van der Waals surface area contributed by atoms with Crippen LogP contribution in [0.5, 0.6) is 5.75 Å². The lowest BCUT2D eigenvalue weighted by molar-refractivity contribution is 0.0746. The molecule has 1 saturated heterocycles. The van der Waals surface area contributed by atoms with E-state index in [0.29, 0.717) is 32.1 Å². The fourth-order valence-corrected chi connectivity index (χ4v) is 4.20. The van der Waals surface area contributed by atoms with Crippen LogP contribution in [0.2, 0.25) is 0 Å². The number of piperazine rings is 1. The third-order valence-corrected chi connectivity index (χ3v) is 6.05. The van der Waals surface area contributed by atoms with Gasteiger partial charge in [0, 0.05) is 49.2 Å². The number of aromatic nitrogens is 2. The van der Waals surface area contributed by atoms with Crippen LogP contribution in [-0.2, 0) is 0 Å². The summed E-state index contributed by atoms with van der Waals surface area (Å²) in [6.07, 6.45) is 0. The molecule has 1 aromatic heterocycles. The maximum Gasteiger partial charge on any atom is 0.253 e. The molecule has 7 heteroatoms. The number of anilines is 3. The van der Waals surface area contributed by atoms with E-state index in [2.05, 4.69) is 21.3 Å². The first-order valence-electron chi connectivity index (χ1n) is 11.4. The van der Waals surface area contributed by atoms with Crippen molar-refractivity contribution < 1.29 is 9.53 Å². The van der Waals surface area contributed by atoms with Crippen LogP contribution in [0.15, 0.2) is 72.8 Å². The van der Waals surface area contributed by atoms with E-state index in [0.717, 1.165) is 39.3 Å². The molecule has 7 nitrogen and oxygen atoms in total. The number of nitrogens with zero attached hydrogens (tertiary/aromatic N) is 4. The largest absolute Gasteiger partial charge is 0.497 e. The maximum atomic E-state index is 13.1. The summed E-state index contributed by atoms with van der Waals surface area (Å²) < 4.78 is 5.22. The highest BCUT2D eigenvalue weighted by molar-refractivity contribution is 5.98. The molecule has 5 rings (SSSR count). The molecule has 1 aliphatic rings. The summed E-state index contributed by atoms with van der Waals surface area (Å²) in [5.41, 5.74) is 2.54. The molecule has 1 fully saturated rings. The first kappa shape index (κ1) is 21.7. The van der Waals surface area contributed by atoms with Crippen molar-refractivity contribution in [1.82, 2.24) is 14.9 Å². The summed E-state index contributed by atoms with van der Waals surface area (Å²) in [5.74, 6) is 2.29. The van der Waals surface area contributed by atoms with Gasteiger partial charge in [-0.25, -0.2) is 4.98 Å². The van der Waals surface area contributed by atoms with Gasteiger partial charge in [-0.05, 0) is 54.1 Å². The number of ether oxygens (including phenoxy) is 1. The molecule has 4 aromatic rings. The average Bonchev–Trinajstić information content (AvgIpc) is 2.88. The van der Waals surface area contributed by atoms with Crippen LogP contribution < -0.4 is 15.0 Å². The average molecular weight is 454 g/mol. The van der Waals surface area contributed by atoms with Crippen LogP contribution in [0.3, 0.4) is 0 Å². The molecule has 0 spiro atoms. The van der Waals surface area contributed by atoms with Crippen molar-refractivity contribution >= 4 is 34.1 Å². The molecule has 34 heavy (non-hydrogen) atoms. The number of hydrogen-bond donors (Lipinski definition) is 1. The van der Waals surface area contributed by atoms with Crippen molar-refractivity contribution in [2.24, 2.45) is 0 Å². The monoisotopic (exact) mass is 453 g/mol. The first-order valence-corrected chi connectivity index (χ1v) is 11.4. The highest BCUT2D eigenvalue weighted by atomic mass is 16.5. The van der Waals surface area contributed by atoms with Gasteiger partial charge in [-0.15, -0.1) is 0 Å². The minimum atomic E-state index is 0.0671. The molecule has 1 amide bonds. The van der Waals surface area contributed by atoms with Gasteiger partial charge in [0.25, 0.3) is 5.91 Å². The van der Waals surface area contributed by atoms with Crippen LogP contribution in [0, 0.1) is 6.92 Å². The van der Waals surface area contributed by atoms with E-state index in [9.17, 15) is 4.79 Å². The Balaban J connectivity index is 1.26. The Morgan fingerprint density at radius 1 is 0.882 bits per heavy atom. The van der Waals surface area contributed by atoms with E-state index in [-0.39, 0.29) is 5.91 Å². The maximum absolute atomic E-state index is 13.1. The Kier molecular flexibility index (Phi) is 5.99. The number of carbonyl (C=O) groups excluding carboxylic acids is 1. The molecule has 0 atom stereocenters. The third kappa shape index (κ3) is 4.64. The summed E-state index contributed by atoms with van der Waals surface area (Å²) >= 11 is 0. The van der Waals surface area contributed by atoms with Crippen molar-refractivity contribution in [3.63, 3.8) is 0 Å². The fourth-order valence-electron chi connectivity index (χ4n) is 4.20. The number of rotatable bonds is 5. The lowest BCUT2D eigenvalue weighted by Crippen LogP contribution is -2.49. The first-order chi connectivity index (χ1) is 16.6. The third-order valence-electron chi connectivity index (χ3n) is 6.05. The van der Waals surface area contributed by atoms with Gasteiger partial charge < -0.3 is 19.9 Å². The number of amides is 1. The summed E-state index contributed by atoms with van der Waals surface area (Å²) in [6.45, 7) is 4.59. The zero-order valence-corrected chi connectivity index (χ0v) is 19.4. The smallest absolute Gasteiger partial charge is 0.253 e. The number of fused-ring (bicyclic) bond motifs is 1. The Bertz CT molecular complexity index is 1310. The van der Waals surface area contributed by atoms with Crippen molar-refractivity contribution in [2.75, 3.05) is 43.5 Å². The lowest BCUT2D eigenvalue weighted by Gasteiger charge is -2.35. The zero-order valence-electron chi connectivity index (χ0n) is 19.4. The van der Waals surface area contributed by atoms with Crippen molar-refractivity contribution in [3.05, 3.63) is 84.1 Å². The highest BCUT2D eigenvalue weighted by Crippen LogP contribution is 2.22. The molecule has 0 unspecified atom stereocenters. The molecule has 1 aliphatic heterocycles. The second-order valence-electron chi connectivity index (χ2n) is 8.39. The van der Waals surface area contributed by atoms with Crippen LogP contribution in [0.25, 0.3) is 10.8 Å². The topological polar surface area (TPSA) is 70.6 Å². The standard InChI is InChI=1S/C27H27N5O2/c1-19-17-25(29-23-9-11-24(34-2)12-10-23)30-27(28-19)32-15-13-31(14-16-32)26(33)22-8-7-20-5-3-4-6-21(20)18-22/h3-12,17-18H,13-16H2,1-2H3,(H,28,29,30). The predicted molar refractivity (Wildman–Crippen MR) is 135 cm³/mol. The Morgan fingerprint density at radius 3 is 2.35 bits per heavy atom. The molecule has 172 valence electrons. The van der Waals surface area contributed by atoms with Gasteiger partial charge in [0.1, 0.15) is 11.6 Å². The molecular weight excluding hydrogens is 426 g/mol. The van der Waals surface area contributed by atoms with Crippen LogP contribution in [0.1, 0.15) is 16.1 Å². The van der Waals surface area contributed by atoms with Gasteiger partial charge in [-0.3, -0.25) is 4.79 Å². The van der Waals surface area contributed by atoms with Crippen LogP contribution >= 0.6 is 0 Å². The number of nitrogens with one attached hydrogen (secondary N) is 1. The quantitative estimate of drug-likeness (QED) is 0.474. The number of aryl methyl sites for hydroxylation is 1. The number of carbonyl (C=O) groups is 1. The van der Waals surface area contributed by atoms with E-state index in [1.807, 2.05) is 78.6 Å². The molecule has 3 aromatic carbocycles.